The summed E-state index contributed by atoms with van der Waals surface area (Å²) < 4.78 is 1.02. The lowest BCUT2D eigenvalue weighted by Gasteiger charge is -2.36. The zero-order valence-electron chi connectivity index (χ0n) is 16.4. The number of piperazine rings is 1. The Hall–Kier alpha value is -2.34. The zero-order chi connectivity index (χ0) is 20.8. The number of thiophene rings is 1. The van der Waals surface area contributed by atoms with Crippen molar-refractivity contribution in [3.05, 3.63) is 69.1 Å². The van der Waals surface area contributed by atoms with E-state index in [2.05, 4.69) is 16.8 Å². The van der Waals surface area contributed by atoms with E-state index < -0.39 is 0 Å². The summed E-state index contributed by atoms with van der Waals surface area (Å²) in [5, 5.41) is 3.05. The molecular weight excluding hydrogens is 437 g/mol. The number of halogens is 2. The number of aryl methyl sites for hydroxylation is 1. The Balaban J connectivity index is 1.39. The van der Waals surface area contributed by atoms with Crippen LogP contribution in [0.1, 0.15) is 15.2 Å². The second-order valence-corrected chi connectivity index (χ2v) is 9.33. The van der Waals surface area contributed by atoms with Crippen LogP contribution in [0.3, 0.4) is 0 Å². The van der Waals surface area contributed by atoms with Crippen LogP contribution in [0.5, 0.6) is 0 Å². The summed E-state index contributed by atoms with van der Waals surface area (Å²) in [6.07, 6.45) is 0. The largest absolute Gasteiger partial charge is 0.368 e. The molecule has 2 aromatic carbocycles. The number of aromatic nitrogens is 1. The minimum atomic E-state index is 0.0545. The minimum Gasteiger partial charge on any atom is -0.368 e. The van der Waals surface area contributed by atoms with E-state index in [9.17, 15) is 4.79 Å². The minimum absolute atomic E-state index is 0.0545. The molecule has 4 nitrogen and oxygen atoms in total. The number of carbonyl (C=O) groups is 1. The number of fused-ring (bicyclic) bond motifs is 3. The summed E-state index contributed by atoms with van der Waals surface area (Å²) in [7, 11) is 0. The summed E-state index contributed by atoms with van der Waals surface area (Å²) in [5.74, 6) is 0.0545. The first-order valence-electron chi connectivity index (χ1n) is 9.79. The Labute approximate surface area is 188 Å². The van der Waals surface area contributed by atoms with Gasteiger partial charge in [-0.05, 0) is 36.8 Å². The zero-order valence-corrected chi connectivity index (χ0v) is 18.7. The van der Waals surface area contributed by atoms with Gasteiger partial charge in [0, 0.05) is 52.4 Å². The van der Waals surface area contributed by atoms with Crippen LogP contribution in [-0.2, 0) is 0 Å². The Kier molecular flexibility index (Phi) is 5.05. The van der Waals surface area contributed by atoms with Gasteiger partial charge in [-0.2, -0.15) is 0 Å². The fraction of sp³-hybridized carbons (Fsp3) is 0.217. The van der Waals surface area contributed by atoms with E-state index in [1.165, 1.54) is 16.9 Å². The summed E-state index contributed by atoms with van der Waals surface area (Å²) in [6, 6.07) is 15.7. The summed E-state index contributed by atoms with van der Waals surface area (Å²) in [4.78, 5) is 22.6. The molecule has 1 saturated heterocycles. The molecule has 1 aliphatic heterocycles. The maximum absolute atomic E-state index is 13.2. The lowest BCUT2D eigenvalue weighted by molar-refractivity contribution is 0.0751. The molecule has 0 N–H and O–H groups in total. The predicted molar refractivity (Wildman–Crippen MR) is 126 cm³/mol. The predicted octanol–water partition coefficient (Wildman–Crippen LogP) is 6.03. The quantitative estimate of drug-likeness (QED) is 0.346. The number of hydrogen-bond donors (Lipinski definition) is 0. The Morgan fingerprint density at radius 3 is 2.57 bits per heavy atom. The molecule has 0 unspecified atom stereocenters. The average Bonchev–Trinajstić information content (AvgIpc) is 3.22. The van der Waals surface area contributed by atoms with E-state index in [0.29, 0.717) is 23.1 Å². The molecule has 4 aromatic rings. The van der Waals surface area contributed by atoms with E-state index in [-0.39, 0.29) is 5.91 Å². The molecule has 152 valence electrons. The molecule has 0 aliphatic carbocycles. The van der Waals surface area contributed by atoms with Crippen molar-refractivity contribution in [2.24, 2.45) is 0 Å². The van der Waals surface area contributed by atoms with Crippen LogP contribution in [0.25, 0.3) is 21.0 Å². The highest BCUT2D eigenvalue weighted by Gasteiger charge is 2.25. The SMILES string of the molecule is Cc1ccc(Cl)cc1N1CCN(C(=O)c2cc3c(Cl)nc4ccccc4c3s2)CC1. The number of hydrogen-bond acceptors (Lipinski definition) is 4. The van der Waals surface area contributed by atoms with Crippen LogP contribution in [0.2, 0.25) is 10.2 Å². The molecule has 1 amide bonds. The van der Waals surface area contributed by atoms with Crippen LogP contribution in [0.4, 0.5) is 5.69 Å². The molecule has 5 rings (SSSR count). The number of rotatable bonds is 2. The lowest BCUT2D eigenvalue weighted by atomic mass is 10.1. The van der Waals surface area contributed by atoms with Gasteiger partial charge in [0.25, 0.3) is 5.91 Å². The molecule has 0 saturated carbocycles. The number of carbonyl (C=O) groups excluding carboxylic acids is 1. The molecule has 1 fully saturated rings. The van der Waals surface area contributed by atoms with Crippen molar-refractivity contribution in [1.29, 1.82) is 0 Å². The van der Waals surface area contributed by atoms with Gasteiger partial charge in [-0.1, -0.05) is 47.5 Å². The van der Waals surface area contributed by atoms with Gasteiger partial charge >= 0.3 is 0 Å². The number of para-hydroxylation sites is 1. The molecular formula is C23H19Cl2N3OS. The number of amides is 1. The van der Waals surface area contributed by atoms with E-state index in [4.69, 9.17) is 23.2 Å². The Morgan fingerprint density at radius 1 is 1.00 bits per heavy atom. The van der Waals surface area contributed by atoms with Crippen molar-refractivity contribution in [3.63, 3.8) is 0 Å². The van der Waals surface area contributed by atoms with Crippen molar-refractivity contribution in [2.75, 3.05) is 31.1 Å². The molecule has 0 spiro atoms. The lowest BCUT2D eigenvalue weighted by Crippen LogP contribution is -2.48. The smallest absolute Gasteiger partial charge is 0.264 e. The summed E-state index contributed by atoms with van der Waals surface area (Å²) in [6.45, 7) is 4.99. The first-order chi connectivity index (χ1) is 14.5. The van der Waals surface area contributed by atoms with E-state index >= 15 is 0 Å². The first-order valence-corrected chi connectivity index (χ1v) is 11.4. The maximum Gasteiger partial charge on any atom is 0.264 e. The topological polar surface area (TPSA) is 36.4 Å². The van der Waals surface area contributed by atoms with Crippen molar-refractivity contribution in [3.8, 4) is 0 Å². The molecule has 7 heteroatoms. The Bertz CT molecular complexity index is 1280. The van der Waals surface area contributed by atoms with E-state index in [1.807, 2.05) is 53.4 Å². The van der Waals surface area contributed by atoms with Crippen LogP contribution in [0.15, 0.2) is 48.5 Å². The van der Waals surface area contributed by atoms with Crippen molar-refractivity contribution >= 4 is 67.1 Å². The van der Waals surface area contributed by atoms with Gasteiger partial charge in [0.05, 0.1) is 10.4 Å². The van der Waals surface area contributed by atoms with E-state index in [0.717, 1.165) is 44.8 Å². The maximum atomic E-state index is 13.2. The standard InChI is InChI=1S/C23H19Cl2N3OS/c1-14-6-7-15(24)12-19(14)27-8-10-28(11-9-27)23(29)20-13-17-21(30-20)16-4-2-3-5-18(16)26-22(17)25/h2-7,12-13H,8-11H2,1H3. The third kappa shape index (κ3) is 3.41. The highest BCUT2D eigenvalue weighted by Crippen LogP contribution is 2.36. The molecule has 0 atom stereocenters. The van der Waals surface area contributed by atoms with Crippen LogP contribution in [0, 0.1) is 6.92 Å². The second-order valence-electron chi connectivity index (χ2n) is 7.48. The molecule has 0 radical (unpaired) electrons. The number of nitrogens with zero attached hydrogens (tertiary/aromatic N) is 3. The Morgan fingerprint density at radius 2 is 1.77 bits per heavy atom. The fourth-order valence-electron chi connectivity index (χ4n) is 4.01. The first kappa shape index (κ1) is 19.6. The monoisotopic (exact) mass is 455 g/mol. The van der Waals surface area contributed by atoms with Crippen molar-refractivity contribution < 1.29 is 4.79 Å². The number of pyridine rings is 1. The third-order valence-corrected chi connectivity index (χ3v) is 7.29. The fourth-order valence-corrected chi connectivity index (χ4v) is 5.63. The van der Waals surface area contributed by atoms with Crippen molar-refractivity contribution in [1.82, 2.24) is 9.88 Å². The van der Waals surface area contributed by atoms with Gasteiger partial charge in [0.15, 0.2) is 0 Å². The van der Waals surface area contributed by atoms with E-state index in [1.54, 1.807) is 0 Å². The van der Waals surface area contributed by atoms with Gasteiger partial charge in [-0.25, -0.2) is 4.98 Å². The van der Waals surface area contributed by atoms with Crippen LogP contribution >= 0.6 is 34.5 Å². The van der Waals surface area contributed by atoms with Gasteiger partial charge in [-0.3, -0.25) is 4.79 Å². The van der Waals surface area contributed by atoms with Gasteiger partial charge in [0.2, 0.25) is 0 Å². The highest BCUT2D eigenvalue weighted by molar-refractivity contribution is 7.21. The molecule has 3 heterocycles. The van der Waals surface area contributed by atoms with Crippen LogP contribution in [-0.4, -0.2) is 42.0 Å². The number of anilines is 1. The van der Waals surface area contributed by atoms with Gasteiger partial charge in [0.1, 0.15) is 5.15 Å². The highest BCUT2D eigenvalue weighted by atomic mass is 35.5. The summed E-state index contributed by atoms with van der Waals surface area (Å²) in [5.41, 5.74) is 3.18. The molecule has 1 aliphatic rings. The second kappa shape index (κ2) is 7.73. The molecule has 2 aromatic heterocycles. The molecule has 0 bridgehead atoms. The number of benzene rings is 2. The summed E-state index contributed by atoms with van der Waals surface area (Å²) >= 11 is 14.1. The third-order valence-electron chi connectivity index (χ3n) is 5.61. The van der Waals surface area contributed by atoms with Gasteiger partial charge in [-0.15, -0.1) is 11.3 Å². The molecule has 30 heavy (non-hydrogen) atoms. The normalized spacial score (nSPS) is 14.6. The van der Waals surface area contributed by atoms with Gasteiger partial charge < -0.3 is 9.80 Å². The van der Waals surface area contributed by atoms with Crippen LogP contribution < -0.4 is 4.90 Å². The average molecular weight is 456 g/mol. The van der Waals surface area contributed by atoms with Crippen molar-refractivity contribution in [2.45, 2.75) is 6.92 Å².